The maximum atomic E-state index is 6.02. The molecule has 0 unspecified atom stereocenters. The second-order valence-electron chi connectivity index (χ2n) is 5.39. The molecule has 1 aromatic rings. The van der Waals surface area contributed by atoms with E-state index in [1.165, 1.54) is 5.56 Å². The van der Waals surface area contributed by atoms with Gasteiger partial charge in [0.15, 0.2) is 6.29 Å². The molecular formula is C17H24O3. The third-order valence-electron chi connectivity index (χ3n) is 4.06. The number of hydrogen-bond donors (Lipinski definition) is 0. The van der Waals surface area contributed by atoms with Crippen molar-refractivity contribution in [2.24, 2.45) is 11.8 Å². The molecule has 0 aromatic heterocycles. The van der Waals surface area contributed by atoms with Gasteiger partial charge in [-0.1, -0.05) is 56.3 Å². The zero-order chi connectivity index (χ0) is 14.5. The van der Waals surface area contributed by atoms with Gasteiger partial charge < -0.3 is 14.2 Å². The van der Waals surface area contributed by atoms with Gasteiger partial charge in [0.2, 0.25) is 0 Å². The number of methoxy groups -OCH3 is 2. The highest BCUT2D eigenvalue weighted by molar-refractivity contribution is 5.49. The second-order valence-corrected chi connectivity index (χ2v) is 5.39. The highest BCUT2D eigenvalue weighted by Gasteiger charge is 2.40. The van der Waals surface area contributed by atoms with Gasteiger partial charge in [-0.2, -0.15) is 0 Å². The molecule has 1 heterocycles. The molecule has 3 nitrogen and oxygen atoms in total. The van der Waals surface area contributed by atoms with Crippen LogP contribution in [0.5, 0.6) is 0 Å². The van der Waals surface area contributed by atoms with Crippen molar-refractivity contribution >= 4 is 6.08 Å². The minimum absolute atomic E-state index is 0.00121. The van der Waals surface area contributed by atoms with Gasteiger partial charge in [0.1, 0.15) is 0 Å². The minimum Gasteiger partial charge on any atom is -0.381 e. The lowest BCUT2D eigenvalue weighted by atomic mass is 9.85. The van der Waals surface area contributed by atoms with E-state index in [0.29, 0.717) is 5.92 Å². The summed E-state index contributed by atoms with van der Waals surface area (Å²) in [6, 6.07) is 10.2. The van der Waals surface area contributed by atoms with Gasteiger partial charge in [-0.05, 0) is 5.56 Å². The summed E-state index contributed by atoms with van der Waals surface area (Å²) in [7, 11) is 3.44. The molecule has 0 spiro atoms. The van der Waals surface area contributed by atoms with Crippen molar-refractivity contribution in [3.8, 4) is 0 Å². The predicted octanol–water partition coefficient (Wildman–Crippen LogP) is 3.36. The van der Waals surface area contributed by atoms with E-state index in [0.717, 1.165) is 0 Å². The van der Waals surface area contributed by atoms with Crippen LogP contribution >= 0.6 is 0 Å². The third kappa shape index (κ3) is 3.29. The fourth-order valence-electron chi connectivity index (χ4n) is 2.91. The molecule has 1 aromatic carbocycles. The summed E-state index contributed by atoms with van der Waals surface area (Å²) in [5.41, 5.74) is 1.17. The Kier molecular flexibility index (Phi) is 5.35. The quantitative estimate of drug-likeness (QED) is 0.844. The average Bonchev–Trinajstić information content (AvgIpc) is 2.48. The fourth-order valence-corrected chi connectivity index (χ4v) is 2.91. The van der Waals surface area contributed by atoms with Gasteiger partial charge >= 0.3 is 0 Å². The third-order valence-corrected chi connectivity index (χ3v) is 4.06. The van der Waals surface area contributed by atoms with Crippen molar-refractivity contribution in [1.82, 2.24) is 0 Å². The van der Waals surface area contributed by atoms with Crippen LogP contribution in [0.4, 0.5) is 0 Å². The van der Waals surface area contributed by atoms with Crippen molar-refractivity contribution in [2.45, 2.75) is 32.3 Å². The molecular weight excluding hydrogens is 252 g/mol. The summed E-state index contributed by atoms with van der Waals surface area (Å²) in [5, 5.41) is 0. The van der Waals surface area contributed by atoms with Crippen molar-refractivity contribution in [3.05, 3.63) is 42.0 Å². The lowest BCUT2D eigenvalue weighted by Crippen LogP contribution is -2.49. The predicted molar refractivity (Wildman–Crippen MR) is 80.3 cm³/mol. The number of benzene rings is 1. The van der Waals surface area contributed by atoms with Crippen LogP contribution in [0.25, 0.3) is 6.08 Å². The molecule has 1 saturated heterocycles. The largest absolute Gasteiger partial charge is 0.381 e. The van der Waals surface area contributed by atoms with Crippen LogP contribution in [0.2, 0.25) is 0 Å². The van der Waals surface area contributed by atoms with Crippen LogP contribution < -0.4 is 0 Å². The van der Waals surface area contributed by atoms with Crippen molar-refractivity contribution < 1.29 is 14.2 Å². The molecule has 0 amide bonds. The van der Waals surface area contributed by atoms with Crippen LogP contribution in [0.1, 0.15) is 19.4 Å². The van der Waals surface area contributed by atoms with E-state index in [9.17, 15) is 0 Å². The summed E-state index contributed by atoms with van der Waals surface area (Å²) in [4.78, 5) is 0. The van der Waals surface area contributed by atoms with Crippen molar-refractivity contribution in [3.63, 3.8) is 0 Å². The highest BCUT2D eigenvalue weighted by atomic mass is 16.7. The molecule has 0 bridgehead atoms. The van der Waals surface area contributed by atoms with Gasteiger partial charge in [0.25, 0.3) is 0 Å². The van der Waals surface area contributed by atoms with E-state index >= 15 is 0 Å². The van der Waals surface area contributed by atoms with Crippen LogP contribution in [0, 0.1) is 11.8 Å². The molecule has 1 aliphatic rings. The van der Waals surface area contributed by atoms with E-state index in [2.05, 4.69) is 38.1 Å². The van der Waals surface area contributed by atoms with Crippen LogP contribution in [0.3, 0.4) is 0 Å². The van der Waals surface area contributed by atoms with Crippen molar-refractivity contribution in [2.75, 3.05) is 14.2 Å². The summed E-state index contributed by atoms with van der Waals surface area (Å²) < 4.78 is 17.1. The van der Waals surface area contributed by atoms with Crippen LogP contribution in [-0.4, -0.2) is 32.7 Å². The maximum Gasteiger partial charge on any atom is 0.163 e. The highest BCUT2D eigenvalue weighted by Crippen LogP contribution is 2.33. The van der Waals surface area contributed by atoms with Gasteiger partial charge in [0, 0.05) is 26.1 Å². The van der Waals surface area contributed by atoms with E-state index < -0.39 is 0 Å². The van der Waals surface area contributed by atoms with Gasteiger partial charge in [-0.15, -0.1) is 0 Å². The van der Waals surface area contributed by atoms with Gasteiger partial charge in [-0.25, -0.2) is 0 Å². The van der Waals surface area contributed by atoms with Crippen LogP contribution in [0.15, 0.2) is 36.4 Å². The van der Waals surface area contributed by atoms with Gasteiger partial charge in [0.05, 0.1) is 12.2 Å². The number of rotatable bonds is 4. The van der Waals surface area contributed by atoms with Gasteiger partial charge in [-0.3, -0.25) is 0 Å². The van der Waals surface area contributed by atoms with E-state index in [1.54, 1.807) is 14.2 Å². The molecule has 20 heavy (non-hydrogen) atoms. The smallest absolute Gasteiger partial charge is 0.163 e. The molecule has 1 fully saturated rings. The van der Waals surface area contributed by atoms with E-state index in [-0.39, 0.29) is 24.4 Å². The molecule has 0 aliphatic carbocycles. The first-order valence-electron chi connectivity index (χ1n) is 7.11. The minimum atomic E-state index is -0.221. The Morgan fingerprint density at radius 1 is 1.00 bits per heavy atom. The zero-order valence-corrected chi connectivity index (χ0v) is 12.7. The SMILES string of the molecule is CO[C@@H]1O[C@@H](/C=C/c2ccccc2)[C@@H](C)[C@@H](OC)[C@H]1C. The average molecular weight is 276 g/mol. The Labute approximate surface area is 121 Å². The molecule has 3 heteroatoms. The summed E-state index contributed by atoms with van der Waals surface area (Å²) in [5.74, 6) is 0.516. The second kappa shape index (κ2) is 7.02. The summed E-state index contributed by atoms with van der Waals surface area (Å²) in [6.45, 7) is 4.27. The first-order valence-corrected chi connectivity index (χ1v) is 7.11. The summed E-state index contributed by atoms with van der Waals surface area (Å²) in [6.07, 6.45) is 4.11. The first-order chi connectivity index (χ1) is 9.67. The Balaban J connectivity index is 2.12. The fraction of sp³-hybridized carbons (Fsp3) is 0.529. The Morgan fingerprint density at radius 2 is 1.70 bits per heavy atom. The molecule has 0 N–H and O–H groups in total. The molecule has 5 atom stereocenters. The molecule has 0 radical (unpaired) electrons. The summed E-state index contributed by atoms with van der Waals surface area (Å²) >= 11 is 0. The number of hydrogen-bond acceptors (Lipinski definition) is 3. The Hall–Kier alpha value is -1.16. The van der Waals surface area contributed by atoms with E-state index in [4.69, 9.17) is 14.2 Å². The maximum absolute atomic E-state index is 6.02. The number of ether oxygens (including phenoxy) is 3. The van der Waals surface area contributed by atoms with E-state index in [1.807, 2.05) is 18.2 Å². The van der Waals surface area contributed by atoms with Crippen LogP contribution in [-0.2, 0) is 14.2 Å². The lowest BCUT2D eigenvalue weighted by Gasteiger charge is -2.42. The topological polar surface area (TPSA) is 27.7 Å². The Bertz CT molecular complexity index is 429. The monoisotopic (exact) mass is 276 g/mol. The first kappa shape index (κ1) is 15.2. The normalized spacial score (nSPS) is 34.5. The molecule has 110 valence electrons. The molecule has 1 aliphatic heterocycles. The molecule has 0 saturated carbocycles. The molecule has 2 rings (SSSR count). The Morgan fingerprint density at radius 3 is 2.30 bits per heavy atom. The lowest BCUT2D eigenvalue weighted by molar-refractivity contribution is -0.245. The standard InChI is InChI=1S/C17H24O3/c1-12-15(11-10-14-8-6-5-7-9-14)20-17(19-4)13(2)16(12)18-3/h5-13,15-17H,1-4H3/b11-10+/t12-,13-,15+,16-,17-/m1/s1. The van der Waals surface area contributed by atoms with Crippen molar-refractivity contribution in [1.29, 1.82) is 0 Å². The zero-order valence-electron chi connectivity index (χ0n) is 12.7.